The molecule has 1 aromatic rings. The first-order chi connectivity index (χ1) is 10.3. The van der Waals surface area contributed by atoms with Crippen LogP contribution in [0.25, 0.3) is 0 Å². The lowest BCUT2D eigenvalue weighted by atomic mass is 9.98. The highest BCUT2D eigenvalue weighted by Crippen LogP contribution is 2.14. The number of carboxylic acid groups (broad SMARTS) is 1. The molecule has 2 amide bonds. The van der Waals surface area contributed by atoms with E-state index in [0.29, 0.717) is 11.3 Å². The monoisotopic (exact) mass is 308 g/mol. The van der Waals surface area contributed by atoms with Gasteiger partial charge in [-0.15, -0.1) is 0 Å². The van der Waals surface area contributed by atoms with Crippen molar-refractivity contribution in [3.63, 3.8) is 0 Å². The molecule has 0 fully saturated rings. The lowest BCUT2D eigenvalue weighted by Gasteiger charge is -2.28. The van der Waals surface area contributed by atoms with Crippen molar-refractivity contribution in [3.05, 3.63) is 29.8 Å². The van der Waals surface area contributed by atoms with Crippen molar-refractivity contribution in [3.8, 4) is 0 Å². The Morgan fingerprint density at radius 2 is 1.82 bits per heavy atom. The Bertz CT molecular complexity index is 556. The number of benzene rings is 1. The maximum atomic E-state index is 12.2. The smallest absolute Gasteiger partial charge is 0.305 e. The fourth-order valence-corrected chi connectivity index (χ4v) is 2.04. The van der Waals surface area contributed by atoms with E-state index in [0.717, 1.165) is 0 Å². The first-order valence-electron chi connectivity index (χ1n) is 6.66. The minimum atomic E-state index is -1.03. The molecule has 0 aliphatic rings. The largest absolute Gasteiger partial charge is 0.481 e. The molecule has 0 aliphatic heterocycles. The zero-order valence-corrected chi connectivity index (χ0v) is 12.8. The van der Waals surface area contributed by atoms with Crippen molar-refractivity contribution in [2.75, 3.05) is 19.0 Å². The van der Waals surface area contributed by atoms with Gasteiger partial charge < -0.3 is 20.5 Å². The summed E-state index contributed by atoms with van der Waals surface area (Å²) in [4.78, 5) is 34.0. The molecule has 0 heterocycles. The van der Waals surface area contributed by atoms with Gasteiger partial charge in [-0.05, 0) is 31.2 Å². The number of anilines is 1. The number of methoxy groups -OCH3 is 1. The van der Waals surface area contributed by atoms with Crippen molar-refractivity contribution < 1.29 is 24.2 Å². The van der Waals surface area contributed by atoms with Crippen LogP contribution >= 0.6 is 0 Å². The van der Waals surface area contributed by atoms with Crippen LogP contribution in [0.2, 0.25) is 0 Å². The topological polar surface area (TPSA) is 105 Å². The van der Waals surface area contributed by atoms with Gasteiger partial charge in [-0.2, -0.15) is 0 Å². The van der Waals surface area contributed by atoms with Crippen LogP contribution in [0.3, 0.4) is 0 Å². The Morgan fingerprint density at radius 3 is 2.27 bits per heavy atom. The number of nitrogens with one attached hydrogen (secondary N) is 2. The number of rotatable bonds is 7. The predicted octanol–water partition coefficient (Wildman–Crippen LogP) is 1.25. The number of carbonyl (C=O) groups is 3. The van der Waals surface area contributed by atoms with Crippen LogP contribution in [0.15, 0.2) is 24.3 Å². The van der Waals surface area contributed by atoms with Gasteiger partial charge in [0.25, 0.3) is 5.91 Å². The molecule has 0 aromatic heterocycles. The van der Waals surface area contributed by atoms with E-state index >= 15 is 0 Å². The standard InChI is InChI=1S/C15H20N2O5/c1-10(18)16-12-6-4-11(5-7-12)14(21)17-15(2,9-22-3)8-13(19)20/h4-7H,8-9H2,1-3H3,(H,16,18)(H,17,21)(H,19,20). The molecule has 1 rings (SSSR count). The van der Waals surface area contributed by atoms with Gasteiger partial charge in [0.1, 0.15) is 0 Å². The maximum absolute atomic E-state index is 12.2. The van der Waals surface area contributed by atoms with Crippen molar-refractivity contribution in [2.45, 2.75) is 25.8 Å². The molecule has 0 aliphatic carbocycles. The van der Waals surface area contributed by atoms with Crippen LogP contribution in [0, 0.1) is 0 Å². The number of hydrogen-bond donors (Lipinski definition) is 3. The summed E-state index contributed by atoms with van der Waals surface area (Å²) in [5.74, 6) is -1.64. The van der Waals surface area contributed by atoms with Gasteiger partial charge in [-0.3, -0.25) is 14.4 Å². The number of hydrogen-bond acceptors (Lipinski definition) is 4. The predicted molar refractivity (Wildman–Crippen MR) is 80.7 cm³/mol. The highest BCUT2D eigenvalue weighted by Gasteiger charge is 2.29. The minimum absolute atomic E-state index is 0.0784. The molecular formula is C15H20N2O5. The van der Waals surface area contributed by atoms with E-state index in [2.05, 4.69) is 10.6 Å². The Labute approximate surface area is 128 Å². The summed E-state index contributed by atoms with van der Waals surface area (Å²) in [6.07, 6.45) is -0.253. The first-order valence-corrected chi connectivity index (χ1v) is 6.66. The fraction of sp³-hybridized carbons (Fsp3) is 0.400. The van der Waals surface area contributed by atoms with E-state index in [-0.39, 0.29) is 18.9 Å². The Kier molecular flexibility index (Phi) is 6.06. The van der Waals surface area contributed by atoms with E-state index in [1.165, 1.54) is 14.0 Å². The van der Waals surface area contributed by atoms with Crippen LogP contribution in [-0.4, -0.2) is 42.1 Å². The summed E-state index contributed by atoms with van der Waals surface area (Å²) in [5, 5.41) is 14.2. The molecule has 0 radical (unpaired) electrons. The molecule has 22 heavy (non-hydrogen) atoms. The van der Waals surface area contributed by atoms with Crippen LogP contribution in [0.1, 0.15) is 30.6 Å². The third-order valence-corrected chi connectivity index (χ3v) is 2.89. The second-order valence-corrected chi connectivity index (χ2v) is 5.28. The van der Waals surface area contributed by atoms with Gasteiger partial charge in [0.15, 0.2) is 0 Å². The van der Waals surface area contributed by atoms with Gasteiger partial charge in [0.05, 0.1) is 18.6 Å². The number of carbonyl (C=O) groups excluding carboxylic acids is 2. The number of carboxylic acids is 1. The molecule has 120 valence electrons. The molecule has 3 N–H and O–H groups in total. The fourth-order valence-electron chi connectivity index (χ4n) is 2.04. The van der Waals surface area contributed by atoms with E-state index in [9.17, 15) is 14.4 Å². The Morgan fingerprint density at radius 1 is 1.23 bits per heavy atom. The summed E-state index contributed by atoms with van der Waals surface area (Å²) in [6.45, 7) is 3.08. The van der Waals surface area contributed by atoms with Crippen LogP contribution in [0.4, 0.5) is 5.69 Å². The maximum Gasteiger partial charge on any atom is 0.305 e. The van der Waals surface area contributed by atoms with Gasteiger partial charge >= 0.3 is 5.97 Å². The third-order valence-electron chi connectivity index (χ3n) is 2.89. The molecule has 0 saturated heterocycles. The van der Waals surface area contributed by atoms with E-state index < -0.39 is 17.4 Å². The van der Waals surface area contributed by atoms with Crippen molar-refractivity contribution in [2.24, 2.45) is 0 Å². The second kappa shape index (κ2) is 7.56. The molecule has 7 heteroatoms. The minimum Gasteiger partial charge on any atom is -0.481 e. The van der Waals surface area contributed by atoms with E-state index in [1.807, 2.05) is 0 Å². The average Bonchev–Trinajstić information content (AvgIpc) is 2.37. The third kappa shape index (κ3) is 5.53. The molecule has 0 bridgehead atoms. The number of amides is 2. The van der Waals surface area contributed by atoms with E-state index in [1.54, 1.807) is 31.2 Å². The van der Waals surface area contributed by atoms with Crippen molar-refractivity contribution >= 4 is 23.5 Å². The highest BCUT2D eigenvalue weighted by molar-refractivity contribution is 5.96. The molecule has 7 nitrogen and oxygen atoms in total. The lowest BCUT2D eigenvalue weighted by Crippen LogP contribution is -2.50. The van der Waals surface area contributed by atoms with Crippen LogP contribution in [-0.2, 0) is 14.3 Å². The molecule has 1 atom stereocenters. The molecular weight excluding hydrogens is 288 g/mol. The van der Waals surface area contributed by atoms with Gasteiger partial charge in [-0.25, -0.2) is 0 Å². The van der Waals surface area contributed by atoms with Crippen molar-refractivity contribution in [1.82, 2.24) is 5.32 Å². The zero-order valence-electron chi connectivity index (χ0n) is 12.8. The quantitative estimate of drug-likeness (QED) is 0.703. The van der Waals surface area contributed by atoms with Gasteiger partial charge in [-0.1, -0.05) is 0 Å². The summed E-state index contributed by atoms with van der Waals surface area (Å²) in [5.41, 5.74) is -0.0652. The van der Waals surface area contributed by atoms with Gasteiger partial charge in [0, 0.05) is 25.3 Å². The highest BCUT2D eigenvalue weighted by atomic mass is 16.5. The summed E-state index contributed by atoms with van der Waals surface area (Å²) < 4.78 is 4.98. The molecule has 1 unspecified atom stereocenters. The van der Waals surface area contributed by atoms with Crippen molar-refractivity contribution in [1.29, 1.82) is 0 Å². The molecule has 0 spiro atoms. The summed E-state index contributed by atoms with van der Waals surface area (Å²) in [7, 11) is 1.44. The number of ether oxygens (including phenoxy) is 1. The van der Waals surface area contributed by atoms with Crippen LogP contribution < -0.4 is 10.6 Å². The van der Waals surface area contributed by atoms with Gasteiger partial charge in [0.2, 0.25) is 5.91 Å². The second-order valence-electron chi connectivity index (χ2n) is 5.28. The first kappa shape index (κ1) is 17.6. The summed E-state index contributed by atoms with van der Waals surface area (Å²) >= 11 is 0. The Balaban J connectivity index is 2.81. The normalized spacial score (nSPS) is 13.0. The summed E-state index contributed by atoms with van der Waals surface area (Å²) in [6, 6.07) is 6.30. The van der Waals surface area contributed by atoms with Crippen LogP contribution in [0.5, 0.6) is 0 Å². The molecule has 1 aromatic carbocycles. The molecule has 0 saturated carbocycles. The lowest BCUT2D eigenvalue weighted by molar-refractivity contribution is -0.139. The SMILES string of the molecule is COCC(C)(CC(=O)O)NC(=O)c1ccc(NC(C)=O)cc1. The number of aliphatic carboxylic acids is 1. The average molecular weight is 308 g/mol. The zero-order chi connectivity index (χ0) is 16.8. The van der Waals surface area contributed by atoms with E-state index in [4.69, 9.17) is 9.84 Å². The Hall–Kier alpha value is -2.41.